The summed E-state index contributed by atoms with van der Waals surface area (Å²) in [5.41, 5.74) is -1.13. The molecule has 0 bridgehead atoms. The number of aliphatic hydroxyl groups is 1. The summed E-state index contributed by atoms with van der Waals surface area (Å²) in [4.78, 5) is 18.9. The molecule has 6 nitrogen and oxygen atoms in total. The highest BCUT2D eigenvalue weighted by molar-refractivity contribution is 5.76. The third kappa shape index (κ3) is 5.18. The minimum absolute atomic E-state index is 0.0399. The largest absolute Gasteiger partial charge is 0.417 e. The van der Waals surface area contributed by atoms with Crippen LogP contribution in [0.25, 0.3) is 0 Å². The Morgan fingerprint density at radius 3 is 2.47 bits per heavy atom. The average molecular weight is 479 g/mol. The number of anilines is 1. The van der Waals surface area contributed by atoms with Crippen LogP contribution >= 0.6 is 0 Å². The Morgan fingerprint density at radius 1 is 1.15 bits per heavy atom. The highest BCUT2D eigenvalue weighted by Crippen LogP contribution is 2.46. The maximum absolute atomic E-state index is 13.4. The van der Waals surface area contributed by atoms with Gasteiger partial charge >= 0.3 is 6.18 Å². The van der Waals surface area contributed by atoms with Crippen LogP contribution in [0.4, 0.5) is 18.9 Å². The van der Waals surface area contributed by atoms with Crippen molar-refractivity contribution in [1.29, 1.82) is 5.26 Å². The van der Waals surface area contributed by atoms with Crippen LogP contribution in [0, 0.1) is 22.7 Å². The van der Waals surface area contributed by atoms with Crippen LogP contribution in [0.3, 0.4) is 0 Å². The molecular weight excluding hydrogens is 445 g/mol. The standard InChI is InChI=1S/C25H33F3N4O2/c26-25(27,28)22-14-21(5-4-19(22)15-29)32-16-20(17-33)24(18-32)7-12-31(13-8-24)23(34)6-11-30-9-2-1-3-10-30/h4-5,14,20,33H,1-3,6-13,16-18H2. The molecule has 1 aromatic carbocycles. The van der Waals surface area contributed by atoms with Gasteiger partial charge in [0.2, 0.25) is 5.91 Å². The minimum Gasteiger partial charge on any atom is -0.396 e. The van der Waals surface area contributed by atoms with E-state index in [-0.39, 0.29) is 29.4 Å². The van der Waals surface area contributed by atoms with Crippen molar-refractivity contribution in [1.82, 2.24) is 9.80 Å². The molecule has 3 saturated heterocycles. The van der Waals surface area contributed by atoms with E-state index >= 15 is 0 Å². The molecule has 4 rings (SSSR count). The lowest BCUT2D eigenvalue weighted by Crippen LogP contribution is -2.47. The summed E-state index contributed by atoms with van der Waals surface area (Å²) in [7, 11) is 0. The van der Waals surface area contributed by atoms with E-state index in [9.17, 15) is 23.1 Å². The van der Waals surface area contributed by atoms with Gasteiger partial charge in [0.15, 0.2) is 0 Å². The number of likely N-dealkylation sites (tertiary alicyclic amines) is 2. The first kappa shape index (κ1) is 24.8. The molecule has 3 aliphatic heterocycles. The van der Waals surface area contributed by atoms with Gasteiger partial charge in [-0.15, -0.1) is 0 Å². The molecular formula is C25H33F3N4O2. The zero-order valence-electron chi connectivity index (χ0n) is 19.5. The number of benzene rings is 1. The van der Waals surface area contributed by atoms with Crippen molar-refractivity contribution in [3.05, 3.63) is 29.3 Å². The van der Waals surface area contributed by atoms with E-state index in [4.69, 9.17) is 5.26 Å². The zero-order chi connectivity index (χ0) is 24.3. The van der Waals surface area contributed by atoms with Crippen LogP contribution in [0.1, 0.15) is 49.7 Å². The smallest absolute Gasteiger partial charge is 0.396 e. The van der Waals surface area contributed by atoms with Crippen molar-refractivity contribution in [3.63, 3.8) is 0 Å². The molecule has 0 radical (unpaired) electrons. The predicted octanol–water partition coefficient (Wildman–Crippen LogP) is 3.49. The first-order chi connectivity index (χ1) is 16.3. The molecule has 1 atom stereocenters. The quantitative estimate of drug-likeness (QED) is 0.702. The summed E-state index contributed by atoms with van der Waals surface area (Å²) in [6, 6.07) is 5.45. The molecule has 9 heteroatoms. The highest BCUT2D eigenvalue weighted by atomic mass is 19.4. The van der Waals surface area contributed by atoms with Crippen LogP contribution in [0.2, 0.25) is 0 Å². The second kappa shape index (κ2) is 10.1. The molecule has 1 amide bonds. The molecule has 0 aliphatic carbocycles. The number of carbonyl (C=O) groups excluding carboxylic acids is 1. The van der Waals surface area contributed by atoms with Crippen molar-refractivity contribution in [2.24, 2.45) is 11.3 Å². The number of amides is 1. The summed E-state index contributed by atoms with van der Waals surface area (Å²) in [6.45, 7) is 5.12. The van der Waals surface area contributed by atoms with E-state index in [1.54, 1.807) is 12.1 Å². The molecule has 0 aromatic heterocycles. The molecule has 1 N–H and O–H groups in total. The van der Waals surface area contributed by atoms with E-state index in [1.165, 1.54) is 25.3 Å². The predicted molar refractivity (Wildman–Crippen MR) is 122 cm³/mol. The number of carbonyl (C=O) groups is 1. The highest BCUT2D eigenvalue weighted by Gasteiger charge is 2.48. The third-order valence-electron chi connectivity index (χ3n) is 8.03. The van der Waals surface area contributed by atoms with E-state index in [0.717, 1.165) is 38.5 Å². The van der Waals surface area contributed by atoms with Crippen molar-refractivity contribution < 1.29 is 23.1 Å². The van der Waals surface area contributed by atoms with E-state index in [0.29, 0.717) is 38.3 Å². The monoisotopic (exact) mass is 478 g/mol. The summed E-state index contributed by atoms with van der Waals surface area (Å²) in [5.74, 6) is 0.0980. The molecule has 1 aromatic rings. The first-order valence-corrected chi connectivity index (χ1v) is 12.2. The molecule has 1 spiro atoms. The number of aliphatic hydroxyl groups excluding tert-OH is 1. The molecule has 3 aliphatic rings. The maximum atomic E-state index is 13.4. The number of nitriles is 1. The summed E-state index contributed by atoms with van der Waals surface area (Å²) >= 11 is 0. The fourth-order valence-electron chi connectivity index (χ4n) is 5.91. The maximum Gasteiger partial charge on any atom is 0.417 e. The van der Waals surface area contributed by atoms with Crippen molar-refractivity contribution in [2.75, 3.05) is 57.3 Å². The number of hydrogen-bond acceptors (Lipinski definition) is 5. The Balaban J connectivity index is 1.39. The second-order valence-corrected chi connectivity index (χ2v) is 9.99. The van der Waals surface area contributed by atoms with Gasteiger partial charge in [-0.3, -0.25) is 4.79 Å². The van der Waals surface area contributed by atoms with Gasteiger partial charge in [-0.25, -0.2) is 0 Å². The van der Waals surface area contributed by atoms with Gasteiger partial charge in [-0.2, -0.15) is 18.4 Å². The van der Waals surface area contributed by atoms with E-state index < -0.39 is 11.7 Å². The normalized spacial score (nSPS) is 23.3. The van der Waals surface area contributed by atoms with Crippen molar-refractivity contribution in [3.8, 4) is 6.07 Å². The van der Waals surface area contributed by atoms with Crippen LogP contribution in [-0.4, -0.2) is 73.2 Å². The van der Waals surface area contributed by atoms with Gasteiger partial charge in [-0.05, 0) is 62.4 Å². The Kier molecular flexibility index (Phi) is 7.39. The second-order valence-electron chi connectivity index (χ2n) is 9.99. The Hall–Kier alpha value is -2.31. The molecule has 34 heavy (non-hydrogen) atoms. The number of piperidine rings is 2. The molecule has 0 saturated carbocycles. The van der Waals surface area contributed by atoms with Crippen LogP contribution < -0.4 is 4.90 Å². The summed E-state index contributed by atoms with van der Waals surface area (Å²) in [5, 5.41) is 19.1. The lowest BCUT2D eigenvalue weighted by Gasteiger charge is -2.42. The number of rotatable bonds is 5. The number of alkyl halides is 3. The number of halogens is 3. The van der Waals surface area contributed by atoms with Crippen molar-refractivity contribution in [2.45, 2.75) is 44.7 Å². The van der Waals surface area contributed by atoms with Crippen molar-refractivity contribution >= 4 is 11.6 Å². The Morgan fingerprint density at radius 2 is 1.85 bits per heavy atom. The van der Waals surface area contributed by atoms with Gasteiger partial charge in [0, 0.05) is 57.4 Å². The summed E-state index contributed by atoms with van der Waals surface area (Å²) in [6.07, 6.45) is 1.04. The summed E-state index contributed by atoms with van der Waals surface area (Å²) < 4.78 is 40.3. The van der Waals surface area contributed by atoms with E-state index in [1.807, 2.05) is 9.80 Å². The first-order valence-electron chi connectivity index (χ1n) is 12.2. The zero-order valence-corrected chi connectivity index (χ0v) is 19.5. The fourth-order valence-corrected chi connectivity index (χ4v) is 5.91. The Labute approximate surface area is 198 Å². The molecule has 186 valence electrons. The average Bonchev–Trinajstić information content (AvgIpc) is 3.20. The third-order valence-corrected chi connectivity index (χ3v) is 8.03. The van der Waals surface area contributed by atoms with Crippen LogP contribution in [0.5, 0.6) is 0 Å². The SMILES string of the molecule is N#Cc1ccc(N2CC(CO)C3(CCN(C(=O)CCN4CCCCC4)CC3)C2)cc1C(F)(F)F. The van der Waals surface area contributed by atoms with Gasteiger partial charge in [-0.1, -0.05) is 6.42 Å². The minimum atomic E-state index is -4.60. The van der Waals surface area contributed by atoms with E-state index in [2.05, 4.69) is 4.90 Å². The number of hydrogen-bond donors (Lipinski definition) is 1. The van der Waals surface area contributed by atoms with Gasteiger partial charge in [0.1, 0.15) is 0 Å². The van der Waals surface area contributed by atoms with Gasteiger partial charge < -0.3 is 19.8 Å². The lowest BCUT2D eigenvalue weighted by molar-refractivity contribution is -0.137. The lowest BCUT2D eigenvalue weighted by atomic mass is 9.71. The number of nitrogens with zero attached hydrogens (tertiary/aromatic N) is 4. The van der Waals surface area contributed by atoms with Crippen LogP contribution in [-0.2, 0) is 11.0 Å². The van der Waals surface area contributed by atoms with Gasteiger partial charge in [0.25, 0.3) is 0 Å². The molecule has 3 heterocycles. The molecule has 3 fully saturated rings. The Bertz CT molecular complexity index is 916. The van der Waals surface area contributed by atoms with Gasteiger partial charge in [0.05, 0.1) is 17.2 Å². The fraction of sp³-hybridized carbons (Fsp3) is 0.680. The topological polar surface area (TPSA) is 70.8 Å². The molecule has 1 unspecified atom stereocenters. The van der Waals surface area contributed by atoms with Crippen LogP contribution in [0.15, 0.2) is 18.2 Å².